The van der Waals surface area contributed by atoms with Crippen molar-refractivity contribution < 1.29 is 27.2 Å². The highest BCUT2D eigenvalue weighted by Gasteiger charge is 2.19. The Kier molecular flexibility index (Phi) is 6.22. The van der Waals surface area contributed by atoms with Gasteiger partial charge < -0.3 is 14.0 Å². The van der Waals surface area contributed by atoms with Crippen LogP contribution in [0.3, 0.4) is 0 Å². The lowest BCUT2D eigenvalue weighted by Gasteiger charge is -2.18. The number of aromatic nitrogens is 1. The van der Waals surface area contributed by atoms with Gasteiger partial charge in [-0.15, -0.1) is 0 Å². The molecule has 0 saturated heterocycles. The zero-order chi connectivity index (χ0) is 19.3. The first kappa shape index (κ1) is 19.7. The van der Waals surface area contributed by atoms with E-state index < -0.39 is 10.0 Å². The average Bonchev–Trinajstić information content (AvgIpc) is 3.03. The summed E-state index contributed by atoms with van der Waals surface area (Å²) >= 11 is 0. The maximum Gasteiger partial charge on any atom is 0.240 e. The van der Waals surface area contributed by atoms with Gasteiger partial charge in [-0.05, 0) is 19.1 Å². The van der Waals surface area contributed by atoms with Gasteiger partial charge in [0, 0.05) is 32.1 Å². The minimum absolute atomic E-state index is 0.00215. The van der Waals surface area contributed by atoms with E-state index in [1.54, 1.807) is 13.0 Å². The number of nitrogens with one attached hydrogen (secondary N) is 1. The number of hydrogen-bond donors (Lipinski definition) is 1. The van der Waals surface area contributed by atoms with Crippen LogP contribution in [0.25, 0.3) is 0 Å². The van der Waals surface area contributed by atoms with E-state index in [-0.39, 0.29) is 23.9 Å². The smallest absolute Gasteiger partial charge is 0.240 e. The minimum atomic E-state index is -3.78. The lowest BCUT2D eigenvalue weighted by Crippen LogP contribution is -2.37. The van der Waals surface area contributed by atoms with Gasteiger partial charge in [-0.2, -0.15) is 0 Å². The first-order chi connectivity index (χ1) is 12.3. The maximum atomic E-state index is 12.4. The molecular weight excluding hydrogens is 362 g/mol. The van der Waals surface area contributed by atoms with Crippen molar-refractivity contribution in [1.82, 2.24) is 9.88 Å². The van der Waals surface area contributed by atoms with E-state index in [0.29, 0.717) is 23.1 Å². The average molecular weight is 383 g/mol. The van der Waals surface area contributed by atoms with Crippen LogP contribution in [0.4, 0.5) is 5.82 Å². The number of amides is 1. The molecule has 9 nitrogen and oxygen atoms in total. The maximum absolute atomic E-state index is 12.4. The molecule has 0 aliphatic carbocycles. The van der Waals surface area contributed by atoms with Gasteiger partial charge in [-0.25, -0.2) is 13.1 Å². The Hall–Kier alpha value is -2.59. The van der Waals surface area contributed by atoms with Crippen LogP contribution in [0.2, 0.25) is 0 Å². The van der Waals surface area contributed by atoms with Gasteiger partial charge in [0.1, 0.15) is 5.76 Å². The van der Waals surface area contributed by atoms with Crippen LogP contribution in [0.5, 0.6) is 11.5 Å². The van der Waals surface area contributed by atoms with Crippen molar-refractivity contribution in [3.8, 4) is 11.5 Å². The summed E-state index contributed by atoms with van der Waals surface area (Å²) in [7, 11) is -0.896. The largest absolute Gasteiger partial charge is 0.493 e. The standard InChI is InChI=1S/C16H21N3O6S/c1-11-9-16(18-25-11)19(12(2)20)8-7-17-26(21,22)13-5-6-14(23-3)15(10-13)24-4/h5-6,9-10,17H,7-8H2,1-4H3. The van der Waals surface area contributed by atoms with Crippen molar-refractivity contribution >= 4 is 21.7 Å². The molecular formula is C16H21N3O6S. The molecule has 2 aromatic rings. The van der Waals surface area contributed by atoms with Gasteiger partial charge in [0.15, 0.2) is 17.3 Å². The second-order valence-electron chi connectivity index (χ2n) is 5.38. The third-order valence-electron chi connectivity index (χ3n) is 3.56. The molecule has 0 saturated carbocycles. The van der Waals surface area contributed by atoms with Crippen molar-refractivity contribution in [3.05, 3.63) is 30.0 Å². The van der Waals surface area contributed by atoms with Crippen LogP contribution in [0.15, 0.2) is 33.7 Å². The van der Waals surface area contributed by atoms with Crippen LogP contribution in [-0.4, -0.2) is 46.8 Å². The van der Waals surface area contributed by atoms with Gasteiger partial charge in [0.05, 0.1) is 19.1 Å². The molecule has 26 heavy (non-hydrogen) atoms. The predicted molar refractivity (Wildman–Crippen MR) is 94.0 cm³/mol. The number of hydrogen-bond acceptors (Lipinski definition) is 7. The van der Waals surface area contributed by atoms with Gasteiger partial charge in [-0.3, -0.25) is 9.69 Å². The van der Waals surface area contributed by atoms with Crippen molar-refractivity contribution in [2.75, 3.05) is 32.2 Å². The number of rotatable bonds is 8. The number of carbonyl (C=O) groups is 1. The van der Waals surface area contributed by atoms with Crippen LogP contribution >= 0.6 is 0 Å². The molecule has 2 rings (SSSR count). The highest BCUT2D eigenvalue weighted by molar-refractivity contribution is 7.89. The molecule has 1 amide bonds. The monoisotopic (exact) mass is 383 g/mol. The number of anilines is 1. The fourth-order valence-electron chi connectivity index (χ4n) is 2.27. The molecule has 0 spiro atoms. The Morgan fingerprint density at radius 3 is 2.46 bits per heavy atom. The zero-order valence-electron chi connectivity index (χ0n) is 15.0. The Morgan fingerprint density at radius 1 is 1.23 bits per heavy atom. The highest BCUT2D eigenvalue weighted by Crippen LogP contribution is 2.29. The molecule has 0 bridgehead atoms. The molecule has 1 N–H and O–H groups in total. The summed E-state index contributed by atoms with van der Waals surface area (Å²) in [5.74, 6) is 1.34. The number of aryl methyl sites for hydroxylation is 1. The molecule has 0 atom stereocenters. The molecule has 142 valence electrons. The number of nitrogens with zero attached hydrogens (tertiary/aromatic N) is 2. The van der Waals surface area contributed by atoms with Crippen molar-refractivity contribution in [2.45, 2.75) is 18.7 Å². The zero-order valence-corrected chi connectivity index (χ0v) is 15.8. The Morgan fingerprint density at radius 2 is 1.92 bits per heavy atom. The van der Waals surface area contributed by atoms with Gasteiger partial charge in [-0.1, -0.05) is 5.16 Å². The van der Waals surface area contributed by atoms with E-state index in [1.165, 1.54) is 44.2 Å². The quantitative estimate of drug-likeness (QED) is 0.732. The molecule has 0 aliphatic rings. The second kappa shape index (κ2) is 8.19. The first-order valence-electron chi connectivity index (χ1n) is 7.71. The summed E-state index contributed by atoms with van der Waals surface area (Å²) in [4.78, 5) is 13.1. The van der Waals surface area contributed by atoms with Crippen LogP contribution < -0.4 is 19.1 Å². The molecule has 1 aromatic carbocycles. The molecule has 1 heterocycles. The molecule has 0 unspecified atom stereocenters. The van der Waals surface area contributed by atoms with Gasteiger partial charge in [0.25, 0.3) is 0 Å². The van der Waals surface area contributed by atoms with E-state index in [4.69, 9.17) is 14.0 Å². The molecule has 0 fully saturated rings. The number of ether oxygens (including phenoxy) is 2. The van der Waals surface area contributed by atoms with Crippen LogP contribution in [0.1, 0.15) is 12.7 Å². The van der Waals surface area contributed by atoms with Gasteiger partial charge >= 0.3 is 0 Å². The highest BCUT2D eigenvalue weighted by atomic mass is 32.2. The van der Waals surface area contributed by atoms with E-state index in [2.05, 4.69) is 9.88 Å². The third-order valence-corrected chi connectivity index (χ3v) is 5.02. The molecule has 1 aromatic heterocycles. The number of benzene rings is 1. The first-order valence-corrected chi connectivity index (χ1v) is 9.20. The van der Waals surface area contributed by atoms with E-state index >= 15 is 0 Å². The van der Waals surface area contributed by atoms with Crippen molar-refractivity contribution in [1.29, 1.82) is 0 Å². The second-order valence-corrected chi connectivity index (χ2v) is 7.15. The Labute approximate surface area is 151 Å². The Bertz CT molecular complexity index is 878. The fraction of sp³-hybridized carbons (Fsp3) is 0.375. The van der Waals surface area contributed by atoms with Gasteiger partial charge in [0.2, 0.25) is 15.9 Å². The predicted octanol–water partition coefficient (Wildman–Crippen LogP) is 1.33. The summed E-state index contributed by atoms with van der Waals surface area (Å²) < 4.78 is 42.5. The normalized spacial score (nSPS) is 11.2. The molecule has 0 aliphatic heterocycles. The van der Waals surface area contributed by atoms with Crippen molar-refractivity contribution in [2.24, 2.45) is 0 Å². The number of sulfonamides is 1. The fourth-order valence-corrected chi connectivity index (χ4v) is 3.31. The topological polar surface area (TPSA) is 111 Å². The summed E-state index contributed by atoms with van der Waals surface area (Å²) in [5.41, 5.74) is 0. The molecule has 0 radical (unpaired) electrons. The number of methoxy groups -OCH3 is 2. The third kappa shape index (κ3) is 4.52. The summed E-state index contributed by atoms with van der Waals surface area (Å²) in [6, 6.07) is 5.88. The SMILES string of the molecule is COc1ccc(S(=O)(=O)NCCN(C(C)=O)c2cc(C)on2)cc1OC. The lowest BCUT2D eigenvalue weighted by atomic mass is 10.3. The summed E-state index contributed by atoms with van der Waals surface area (Å²) in [5, 5.41) is 3.77. The summed E-state index contributed by atoms with van der Waals surface area (Å²) in [6.45, 7) is 3.18. The summed E-state index contributed by atoms with van der Waals surface area (Å²) in [6.07, 6.45) is 0. The lowest BCUT2D eigenvalue weighted by molar-refractivity contribution is -0.116. The Balaban J connectivity index is 2.08. The van der Waals surface area contributed by atoms with E-state index in [0.717, 1.165) is 0 Å². The van der Waals surface area contributed by atoms with E-state index in [9.17, 15) is 13.2 Å². The van der Waals surface area contributed by atoms with Crippen LogP contribution in [0, 0.1) is 6.92 Å². The van der Waals surface area contributed by atoms with Crippen molar-refractivity contribution in [3.63, 3.8) is 0 Å². The number of carbonyl (C=O) groups excluding carboxylic acids is 1. The molecule has 10 heteroatoms. The minimum Gasteiger partial charge on any atom is -0.493 e. The van der Waals surface area contributed by atoms with E-state index in [1.807, 2.05) is 0 Å². The van der Waals surface area contributed by atoms with Crippen LogP contribution in [-0.2, 0) is 14.8 Å².